The van der Waals surface area contributed by atoms with Gasteiger partial charge in [-0.3, -0.25) is 0 Å². The van der Waals surface area contributed by atoms with Crippen LogP contribution in [0.3, 0.4) is 0 Å². The minimum absolute atomic E-state index is 0.259. The van der Waals surface area contributed by atoms with Crippen LogP contribution in [0.1, 0.15) is 49.8 Å². The maximum atomic E-state index is 2.49. The van der Waals surface area contributed by atoms with E-state index in [4.69, 9.17) is 0 Å². The van der Waals surface area contributed by atoms with E-state index in [1.807, 2.05) is 0 Å². The van der Waals surface area contributed by atoms with Crippen LogP contribution in [0, 0.1) is 0 Å². The van der Waals surface area contributed by atoms with Gasteiger partial charge in [-0.1, -0.05) is 26.8 Å². The summed E-state index contributed by atoms with van der Waals surface area (Å²) in [5.74, 6) is 2.07. The van der Waals surface area contributed by atoms with E-state index in [0.29, 0.717) is 0 Å². The quantitative estimate of drug-likeness (QED) is 0.694. The van der Waals surface area contributed by atoms with Gasteiger partial charge in [0.05, 0.1) is 0 Å². The largest absolute Gasteiger partial charge is 0.301 e. The summed E-state index contributed by atoms with van der Waals surface area (Å²) in [6.45, 7) is 9.33. The second-order valence-electron chi connectivity index (χ2n) is 6.83. The molecule has 0 radical (unpaired) electrons. The monoisotopic (exact) mass is 261 g/mol. The Kier molecular flexibility index (Phi) is 2.98. The van der Waals surface area contributed by atoms with Crippen molar-refractivity contribution in [3.8, 4) is 0 Å². The topological polar surface area (TPSA) is 3.24 Å². The van der Waals surface area contributed by atoms with Crippen molar-refractivity contribution in [2.24, 2.45) is 0 Å². The molecule has 1 aromatic rings. The predicted molar refractivity (Wildman–Crippen MR) is 79.6 cm³/mol. The number of benzene rings is 1. The average Bonchev–Trinajstić information content (AvgIpc) is 2.27. The lowest BCUT2D eigenvalue weighted by atomic mass is 9.81. The van der Waals surface area contributed by atoms with Crippen LogP contribution >= 0.6 is 11.8 Å². The highest BCUT2D eigenvalue weighted by molar-refractivity contribution is 7.99. The molecule has 2 aliphatic heterocycles. The number of rotatable bonds is 0. The van der Waals surface area contributed by atoms with Crippen molar-refractivity contribution in [3.63, 3.8) is 0 Å². The van der Waals surface area contributed by atoms with Crippen LogP contribution in [-0.4, -0.2) is 24.2 Å². The lowest BCUT2D eigenvalue weighted by Gasteiger charge is -2.37. The third kappa shape index (κ3) is 2.10. The first kappa shape index (κ1) is 12.6. The molecule has 0 bridgehead atoms. The Labute approximate surface area is 115 Å². The number of likely N-dealkylation sites (N-methyl/N-ethyl adjacent to an activating group) is 1. The van der Waals surface area contributed by atoms with Crippen LogP contribution in [0.15, 0.2) is 17.0 Å². The third-order valence-corrected chi connectivity index (χ3v) is 5.29. The van der Waals surface area contributed by atoms with Gasteiger partial charge in [-0.15, -0.1) is 11.8 Å². The van der Waals surface area contributed by atoms with E-state index in [0.717, 1.165) is 12.5 Å². The van der Waals surface area contributed by atoms with Crippen molar-refractivity contribution in [2.75, 3.05) is 19.3 Å². The molecule has 0 amide bonds. The van der Waals surface area contributed by atoms with Crippen molar-refractivity contribution < 1.29 is 0 Å². The number of hydrogen-bond acceptors (Lipinski definition) is 2. The first-order valence-electron chi connectivity index (χ1n) is 6.94. The molecule has 0 fully saturated rings. The van der Waals surface area contributed by atoms with Gasteiger partial charge in [0.15, 0.2) is 0 Å². The van der Waals surface area contributed by atoms with Gasteiger partial charge in [0.1, 0.15) is 0 Å². The van der Waals surface area contributed by atoms with Crippen LogP contribution in [0.5, 0.6) is 0 Å². The smallest absolute Gasteiger partial charge is 0.0234 e. The zero-order chi connectivity index (χ0) is 12.9. The van der Waals surface area contributed by atoms with Gasteiger partial charge in [0, 0.05) is 18.0 Å². The zero-order valence-corrected chi connectivity index (χ0v) is 12.7. The molecule has 0 aliphatic carbocycles. The lowest BCUT2D eigenvalue weighted by Crippen LogP contribution is -2.33. The minimum Gasteiger partial charge on any atom is -0.301 e. The SMILES string of the molecule is CN1Cc2cc(C(C)(C)C)cc3c2C(CCS3)C1. The van der Waals surface area contributed by atoms with Gasteiger partial charge in [-0.2, -0.15) is 0 Å². The summed E-state index contributed by atoms with van der Waals surface area (Å²) in [5.41, 5.74) is 5.02. The molecule has 3 rings (SSSR count). The van der Waals surface area contributed by atoms with Gasteiger partial charge in [-0.05, 0) is 53.3 Å². The maximum absolute atomic E-state index is 2.49. The molecule has 1 nitrogen and oxygen atoms in total. The Bertz CT molecular complexity index is 473. The molecule has 0 saturated carbocycles. The predicted octanol–water partition coefficient (Wildman–Crippen LogP) is 4.01. The van der Waals surface area contributed by atoms with Crippen molar-refractivity contribution in [1.82, 2.24) is 4.90 Å². The van der Waals surface area contributed by atoms with Crippen molar-refractivity contribution >= 4 is 11.8 Å². The van der Waals surface area contributed by atoms with Gasteiger partial charge < -0.3 is 4.90 Å². The Balaban J connectivity index is 2.14. The Morgan fingerprint density at radius 2 is 2.06 bits per heavy atom. The van der Waals surface area contributed by atoms with Crippen LogP contribution in [0.2, 0.25) is 0 Å². The van der Waals surface area contributed by atoms with E-state index in [-0.39, 0.29) is 5.41 Å². The van der Waals surface area contributed by atoms with E-state index in [2.05, 4.69) is 56.6 Å². The number of hydrogen-bond donors (Lipinski definition) is 0. The zero-order valence-electron chi connectivity index (χ0n) is 11.9. The molecule has 2 aliphatic rings. The normalized spacial score (nSPS) is 23.9. The van der Waals surface area contributed by atoms with Gasteiger partial charge in [-0.25, -0.2) is 0 Å². The molecule has 1 unspecified atom stereocenters. The fraction of sp³-hybridized carbons (Fsp3) is 0.625. The maximum Gasteiger partial charge on any atom is 0.0234 e. The summed E-state index contributed by atoms with van der Waals surface area (Å²) in [6, 6.07) is 4.92. The molecule has 0 spiro atoms. The van der Waals surface area contributed by atoms with E-state index in [9.17, 15) is 0 Å². The van der Waals surface area contributed by atoms with E-state index < -0.39 is 0 Å². The second-order valence-corrected chi connectivity index (χ2v) is 7.96. The Morgan fingerprint density at radius 3 is 2.78 bits per heavy atom. The Hall–Kier alpha value is -0.470. The second kappa shape index (κ2) is 4.28. The van der Waals surface area contributed by atoms with Crippen LogP contribution < -0.4 is 0 Å². The standard InChI is InChI=1S/C16H23NS/c1-16(2,3)13-7-12-10-17(4)9-11-5-6-18-14(8-13)15(11)12/h7-8,11H,5-6,9-10H2,1-4H3. The summed E-state index contributed by atoms with van der Waals surface area (Å²) in [5, 5.41) is 0. The molecular formula is C16H23NS. The molecule has 2 heteroatoms. The van der Waals surface area contributed by atoms with Crippen LogP contribution in [0.4, 0.5) is 0 Å². The highest BCUT2D eigenvalue weighted by Crippen LogP contribution is 2.44. The summed E-state index contributed by atoms with van der Waals surface area (Å²) in [7, 11) is 2.26. The average molecular weight is 261 g/mol. The molecule has 98 valence electrons. The van der Waals surface area contributed by atoms with Crippen molar-refractivity contribution in [3.05, 3.63) is 28.8 Å². The number of thioether (sulfide) groups is 1. The lowest BCUT2D eigenvalue weighted by molar-refractivity contribution is 0.274. The molecule has 1 aromatic carbocycles. The van der Waals surface area contributed by atoms with Crippen LogP contribution in [0.25, 0.3) is 0 Å². The van der Waals surface area contributed by atoms with E-state index in [1.165, 1.54) is 24.3 Å². The van der Waals surface area contributed by atoms with Gasteiger partial charge in [0.2, 0.25) is 0 Å². The molecular weight excluding hydrogens is 238 g/mol. The van der Waals surface area contributed by atoms with Crippen LogP contribution in [-0.2, 0) is 12.0 Å². The van der Waals surface area contributed by atoms with Gasteiger partial charge >= 0.3 is 0 Å². The van der Waals surface area contributed by atoms with E-state index >= 15 is 0 Å². The molecule has 0 saturated heterocycles. The molecule has 1 atom stereocenters. The summed E-state index contributed by atoms with van der Waals surface area (Å²) >= 11 is 2.07. The molecule has 2 heterocycles. The summed E-state index contributed by atoms with van der Waals surface area (Å²) in [6.07, 6.45) is 1.35. The highest BCUT2D eigenvalue weighted by atomic mass is 32.2. The molecule has 0 N–H and O–H groups in total. The first-order chi connectivity index (χ1) is 8.45. The van der Waals surface area contributed by atoms with Crippen molar-refractivity contribution in [1.29, 1.82) is 0 Å². The fourth-order valence-electron chi connectivity index (χ4n) is 3.20. The summed E-state index contributed by atoms with van der Waals surface area (Å²) in [4.78, 5) is 4.06. The fourth-order valence-corrected chi connectivity index (χ4v) is 4.49. The highest BCUT2D eigenvalue weighted by Gasteiger charge is 2.30. The Morgan fingerprint density at radius 1 is 1.28 bits per heavy atom. The van der Waals surface area contributed by atoms with E-state index in [1.54, 1.807) is 16.0 Å². The van der Waals surface area contributed by atoms with Crippen molar-refractivity contribution in [2.45, 2.75) is 50.0 Å². The third-order valence-electron chi connectivity index (χ3n) is 4.20. The minimum atomic E-state index is 0.259. The number of nitrogens with zero attached hydrogens (tertiary/aromatic N) is 1. The first-order valence-corrected chi connectivity index (χ1v) is 7.92. The van der Waals surface area contributed by atoms with Gasteiger partial charge in [0.25, 0.3) is 0 Å². The molecule has 18 heavy (non-hydrogen) atoms. The molecule has 0 aromatic heterocycles. The summed E-state index contributed by atoms with van der Waals surface area (Å²) < 4.78 is 0.